The number of esters is 1. The van der Waals surface area contributed by atoms with Gasteiger partial charge in [-0.1, -0.05) is 78.0 Å². The van der Waals surface area contributed by atoms with Gasteiger partial charge in [-0.25, -0.2) is 4.79 Å². The standard InChI is InChI=1S/C24H21N3O5/c1-32-24(30)21(18-13-7-11-15-8-5-6-12-17(15)18)27-14-19(23(27)29)25-22(28)20(26-31)16-9-3-2-4-10-16/h2-13,19,21,31H,14H2,1H3,(H,25,28). The van der Waals surface area contributed by atoms with E-state index in [2.05, 4.69) is 10.5 Å². The Morgan fingerprint density at radius 2 is 1.75 bits per heavy atom. The molecule has 162 valence electrons. The Bertz CT molecular complexity index is 1200. The van der Waals surface area contributed by atoms with Crippen LogP contribution in [0.1, 0.15) is 17.2 Å². The van der Waals surface area contributed by atoms with Gasteiger partial charge in [0.1, 0.15) is 6.04 Å². The lowest BCUT2D eigenvalue weighted by molar-refractivity contribution is -0.161. The fourth-order valence-electron chi connectivity index (χ4n) is 3.87. The van der Waals surface area contributed by atoms with Gasteiger partial charge < -0.3 is 20.2 Å². The Labute approximate surface area is 184 Å². The lowest BCUT2D eigenvalue weighted by Gasteiger charge is -2.42. The Morgan fingerprint density at radius 3 is 2.44 bits per heavy atom. The molecule has 0 bridgehead atoms. The van der Waals surface area contributed by atoms with Crippen LogP contribution in [0.5, 0.6) is 0 Å². The molecule has 0 spiro atoms. The van der Waals surface area contributed by atoms with Crippen LogP contribution in [-0.2, 0) is 19.1 Å². The molecule has 2 unspecified atom stereocenters. The van der Waals surface area contributed by atoms with Crippen LogP contribution in [-0.4, -0.2) is 53.3 Å². The highest BCUT2D eigenvalue weighted by Crippen LogP contribution is 2.33. The maximum absolute atomic E-state index is 12.9. The van der Waals surface area contributed by atoms with E-state index in [4.69, 9.17) is 4.74 Å². The molecule has 8 nitrogen and oxygen atoms in total. The number of methoxy groups -OCH3 is 1. The molecule has 1 fully saturated rings. The molecule has 4 rings (SSSR count). The molecule has 8 heteroatoms. The number of oxime groups is 1. The Balaban J connectivity index is 1.55. The van der Waals surface area contributed by atoms with Crippen molar-refractivity contribution in [3.8, 4) is 0 Å². The number of rotatable bonds is 6. The summed E-state index contributed by atoms with van der Waals surface area (Å²) in [6.45, 7) is 0.112. The zero-order valence-corrected chi connectivity index (χ0v) is 17.3. The SMILES string of the molecule is COC(=O)C(c1cccc2ccccc12)N1CC(NC(=O)C(=NO)c2ccccc2)C1=O. The molecule has 1 aliphatic heterocycles. The Kier molecular flexibility index (Phi) is 5.85. The highest BCUT2D eigenvalue weighted by Gasteiger charge is 2.46. The number of ether oxygens (including phenoxy) is 1. The minimum absolute atomic E-state index is 0.112. The second kappa shape index (κ2) is 8.89. The first-order chi connectivity index (χ1) is 15.5. The van der Waals surface area contributed by atoms with E-state index < -0.39 is 29.9 Å². The molecule has 1 heterocycles. The first kappa shape index (κ1) is 21.0. The lowest BCUT2D eigenvalue weighted by atomic mass is 9.94. The van der Waals surface area contributed by atoms with Gasteiger partial charge in [0.2, 0.25) is 5.91 Å². The van der Waals surface area contributed by atoms with Crippen LogP contribution in [0.25, 0.3) is 10.8 Å². The van der Waals surface area contributed by atoms with Gasteiger partial charge >= 0.3 is 5.97 Å². The topological polar surface area (TPSA) is 108 Å². The lowest BCUT2D eigenvalue weighted by Crippen LogP contribution is -2.66. The van der Waals surface area contributed by atoms with Crippen LogP contribution in [0.15, 0.2) is 78.0 Å². The summed E-state index contributed by atoms with van der Waals surface area (Å²) in [5.41, 5.74) is 0.865. The van der Waals surface area contributed by atoms with E-state index in [1.165, 1.54) is 12.0 Å². The molecular formula is C24H21N3O5. The predicted molar refractivity (Wildman–Crippen MR) is 117 cm³/mol. The van der Waals surface area contributed by atoms with Crippen LogP contribution in [0, 0.1) is 0 Å². The summed E-state index contributed by atoms with van der Waals surface area (Å²) in [7, 11) is 1.27. The maximum atomic E-state index is 12.9. The molecule has 1 aliphatic rings. The number of likely N-dealkylation sites (tertiary alicyclic amines) is 1. The number of nitrogens with zero attached hydrogens (tertiary/aromatic N) is 2. The van der Waals surface area contributed by atoms with Crippen molar-refractivity contribution in [2.24, 2.45) is 5.16 Å². The summed E-state index contributed by atoms with van der Waals surface area (Å²) in [4.78, 5) is 39.5. The smallest absolute Gasteiger partial charge is 0.333 e. The van der Waals surface area contributed by atoms with Crippen molar-refractivity contribution in [1.29, 1.82) is 0 Å². The molecule has 3 aromatic carbocycles. The van der Waals surface area contributed by atoms with Gasteiger partial charge in [-0.2, -0.15) is 0 Å². The minimum atomic E-state index is -0.938. The quantitative estimate of drug-likeness (QED) is 0.205. The van der Waals surface area contributed by atoms with Gasteiger partial charge in [-0.05, 0) is 16.3 Å². The molecule has 0 aromatic heterocycles. The molecular weight excluding hydrogens is 410 g/mol. The normalized spacial score (nSPS) is 16.9. The third-order valence-electron chi connectivity index (χ3n) is 5.48. The highest BCUT2D eigenvalue weighted by atomic mass is 16.5. The molecule has 32 heavy (non-hydrogen) atoms. The fourth-order valence-corrected chi connectivity index (χ4v) is 3.87. The number of amides is 2. The number of nitrogens with one attached hydrogen (secondary N) is 1. The third-order valence-corrected chi connectivity index (χ3v) is 5.48. The number of hydrogen-bond donors (Lipinski definition) is 2. The van der Waals surface area contributed by atoms with Crippen molar-refractivity contribution in [3.05, 3.63) is 83.9 Å². The van der Waals surface area contributed by atoms with Gasteiger partial charge in [-0.15, -0.1) is 0 Å². The highest BCUT2D eigenvalue weighted by molar-refractivity contribution is 6.45. The minimum Gasteiger partial charge on any atom is -0.467 e. The van der Waals surface area contributed by atoms with Crippen LogP contribution in [0.3, 0.4) is 0 Å². The monoisotopic (exact) mass is 431 g/mol. The number of carbonyl (C=O) groups is 3. The molecule has 0 saturated carbocycles. The van der Waals surface area contributed by atoms with Gasteiger partial charge in [0.15, 0.2) is 11.8 Å². The van der Waals surface area contributed by atoms with Gasteiger partial charge in [0.05, 0.1) is 13.7 Å². The summed E-state index contributed by atoms with van der Waals surface area (Å²) in [6, 6.07) is 19.7. The van der Waals surface area contributed by atoms with Crippen LogP contribution in [0.4, 0.5) is 0 Å². The number of benzene rings is 3. The largest absolute Gasteiger partial charge is 0.467 e. The second-order valence-electron chi connectivity index (χ2n) is 7.33. The van der Waals surface area contributed by atoms with Crippen LogP contribution >= 0.6 is 0 Å². The zero-order chi connectivity index (χ0) is 22.7. The summed E-state index contributed by atoms with van der Waals surface area (Å²) < 4.78 is 4.98. The van der Waals surface area contributed by atoms with Crippen molar-refractivity contribution in [2.45, 2.75) is 12.1 Å². The van der Waals surface area contributed by atoms with Crippen molar-refractivity contribution in [2.75, 3.05) is 13.7 Å². The number of hydrogen-bond acceptors (Lipinski definition) is 6. The Morgan fingerprint density at radius 1 is 1.06 bits per heavy atom. The van der Waals surface area contributed by atoms with E-state index in [9.17, 15) is 19.6 Å². The first-order valence-electron chi connectivity index (χ1n) is 9.99. The van der Waals surface area contributed by atoms with E-state index in [-0.39, 0.29) is 12.3 Å². The molecule has 1 saturated heterocycles. The third kappa shape index (κ3) is 3.78. The average Bonchev–Trinajstić information content (AvgIpc) is 2.84. The second-order valence-corrected chi connectivity index (χ2v) is 7.33. The predicted octanol–water partition coefficient (Wildman–Crippen LogP) is 2.26. The molecule has 0 aliphatic carbocycles. The number of fused-ring (bicyclic) bond motifs is 1. The summed E-state index contributed by atoms with van der Waals surface area (Å²) in [5.74, 6) is -1.68. The van der Waals surface area contributed by atoms with Crippen molar-refractivity contribution < 1.29 is 24.3 Å². The van der Waals surface area contributed by atoms with E-state index in [1.807, 2.05) is 36.4 Å². The van der Waals surface area contributed by atoms with Crippen molar-refractivity contribution >= 4 is 34.3 Å². The van der Waals surface area contributed by atoms with Crippen molar-refractivity contribution in [3.63, 3.8) is 0 Å². The molecule has 2 N–H and O–H groups in total. The fraction of sp³-hybridized carbons (Fsp3) is 0.167. The van der Waals surface area contributed by atoms with Gasteiger partial charge in [-0.3, -0.25) is 9.59 Å². The Hall–Kier alpha value is -4.20. The van der Waals surface area contributed by atoms with E-state index in [0.29, 0.717) is 11.1 Å². The van der Waals surface area contributed by atoms with Gasteiger partial charge in [0, 0.05) is 5.56 Å². The van der Waals surface area contributed by atoms with E-state index in [0.717, 1.165) is 10.8 Å². The summed E-state index contributed by atoms with van der Waals surface area (Å²) in [6.07, 6.45) is 0. The van der Waals surface area contributed by atoms with Crippen LogP contribution in [0.2, 0.25) is 0 Å². The number of β-lactam (4-membered cyclic amide) rings is 1. The maximum Gasteiger partial charge on any atom is 0.333 e. The first-order valence-corrected chi connectivity index (χ1v) is 9.99. The molecule has 2 atom stereocenters. The average molecular weight is 431 g/mol. The molecule has 0 radical (unpaired) electrons. The van der Waals surface area contributed by atoms with E-state index >= 15 is 0 Å². The summed E-state index contributed by atoms with van der Waals surface area (Å²) >= 11 is 0. The van der Waals surface area contributed by atoms with Crippen molar-refractivity contribution in [1.82, 2.24) is 10.2 Å². The summed E-state index contributed by atoms with van der Waals surface area (Å²) in [5, 5.41) is 16.7. The molecule has 3 aromatic rings. The van der Waals surface area contributed by atoms with E-state index in [1.54, 1.807) is 36.4 Å². The number of carbonyl (C=O) groups excluding carboxylic acids is 3. The molecule has 2 amide bonds. The van der Waals surface area contributed by atoms with Gasteiger partial charge in [0.25, 0.3) is 5.91 Å². The van der Waals surface area contributed by atoms with Crippen LogP contribution < -0.4 is 5.32 Å². The zero-order valence-electron chi connectivity index (χ0n) is 17.3.